The minimum absolute atomic E-state index is 0.0348. The van der Waals surface area contributed by atoms with Gasteiger partial charge in [0.15, 0.2) is 17.3 Å². The van der Waals surface area contributed by atoms with Crippen LogP contribution in [0.2, 0.25) is 0 Å². The molecule has 2 aromatic rings. The topological polar surface area (TPSA) is 66.8 Å². The first-order valence-corrected chi connectivity index (χ1v) is 8.03. The molecule has 1 aliphatic heterocycles. The number of phenolic OH excluding ortho intramolecular Hbond substituents is 2. The van der Waals surface area contributed by atoms with Gasteiger partial charge in [0.1, 0.15) is 11.4 Å². The van der Waals surface area contributed by atoms with Crippen LogP contribution in [0.15, 0.2) is 42.5 Å². The number of aryl methyl sites for hydroxylation is 1. The molecule has 0 fully saturated rings. The normalized spacial score (nSPS) is 15.0. The van der Waals surface area contributed by atoms with E-state index in [0.717, 1.165) is 11.1 Å². The van der Waals surface area contributed by atoms with Crippen molar-refractivity contribution in [2.24, 2.45) is 0 Å². The van der Waals surface area contributed by atoms with Gasteiger partial charge in [-0.2, -0.15) is 0 Å². The van der Waals surface area contributed by atoms with Gasteiger partial charge in [0.2, 0.25) is 0 Å². The van der Waals surface area contributed by atoms with Crippen molar-refractivity contribution in [2.75, 3.05) is 0 Å². The summed E-state index contributed by atoms with van der Waals surface area (Å²) in [6.45, 7) is 5.67. The van der Waals surface area contributed by atoms with Crippen molar-refractivity contribution in [3.63, 3.8) is 0 Å². The summed E-state index contributed by atoms with van der Waals surface area (Å²) in [6.07, 6.45) is 6.48. The Hall–Kier alpha value is -3.01. The number of hydrogen-bond donors (Lipinski definition) is 2. The van der Waals surface area contributed by atoms with Crippen LogP contribution in [-0.2, 0) is 0 Å². The van der Waals surface area contributed by atoms with E-state index in [9.17, 15) is 15.0 Å². The lowest BCUT2D eigenvalue weighted by Crippen LogP contribution is -2.27. The van der Waals surface area contributed by atoms with E-state index in [0.29, 0.717) is 5.56 Å². The first-order valence-electron chi connectivity index (χ1n) is 8.03. The number of benzene rings is 2. The molecule has 1 heterocycles. The van der Waals surface area contributed by atoms with Gasteiger partial charge in [-0.1, -0.05) is 35.9 Å². The molecule has 0 unspecified atom stereocenters. The Kier molecular flexibility index (Phi) is 4.13. The molecule has 0 saturated heterocycles. The lowest BCUT2D eigenvalue weighted by molar-refractivity contribution is 0.104. The van der Waals surface area contributed by atoms with E-state index in [4.69, 9.17) is 4.74 Å². The van der Waals surface area contributed by atoms with Crippen molar-refractivity contribution >= 4 is 17.9 Å². The van der Waals surface area contributed by atoms with E-state index in [2.05, 4.69) is 0 Å². The van der Waals surface area contributed by atoms with Crippen LogP contribution in [-0.4, -0.2) is 21.6 Å². The molecule has 4 heteroatoms. The zero-order valence-electron chi connectivity index (χ0n) is 14.4. The minimum Gasteiger partial charge on any atom is -0.506 e. The largest absolute Gasteiger partial charge is 0.506 e. The third kappa shape index (κ3) is 3.43. The van der Waals surface area contributed by atoms with E-state index >= 15 is 0 Å². The van der Waals surface area contributed by atoms with Gasteiger partial charge in [-0.05, 0) is 50.6 Å². The minimum atomic E-state index is -0.589. The fourth-order valence-corrected chi connectivity index (χ4v) is 2.63. The lowest BCUT2D eigenvalue weighted by Gasteiger charge is -2.29. The zero-order valence-corrected chi connectivity index (χ0v) is 14.4. The monoisotopic (exact) mass is 336 g/mol. The van der Waals surface area contributed by atoms with E-state index < -0.39 is 11.4 Å². The maximum Gasteiger partial charge on any atom is 0.189 e. The highest BCUT2D eigenvalue weighted by atomic mass is 16.5. The van der Waals surface area contributed by atoms with E-state index in [-0.39, 0.29) is 22.8 Å². The summed E-state index contributed by atoms with van der Waals surface area (Å²) in [5.41, 5.74) is 1.77. The maximum atomic E-state index is 12.4. The molecule has 0 atom stereocenters. The Morgan fingerprint density at radius 3 is 2.52 bits per heavy atom. The number of rotatable bonds is 3. The molecule has 4 nitrogen and oxygen atoms in total. The van der Waals surface area contributed by atoms with Crippen LogP contribution in [0.3, 0.4) is 0 Å². The molecule has 2 aromatic carbocycles. The number of phenols is 2. The summed E-state index contributed by atoms with van der Waals surface area (Å²) in [5.74, 6) is -0.575. The van der Waals surface area contributed by atoms with Crippen molar-refractivity contribution in [2.45, 2.75) is 26.4 Å². The predicted octanol–water partition coefficient (Wildman–Crippen LogP) is 4.49. The quantitative estimate of drug-likeness (QED) is 0.492. The molecule has 0 saturated carbocycles. The summed E-state index contributed by atoms with van der Waals surface area (Å²) in [5, 5.41) is 20.6. The highest BCUT2D eigenvalue weighted by molar-refractivity contribution is 6.10. The molecule has 128 valence electrons. The smallest absolute Gasteiger partial charge is 0.189 e. The second-order valence-electron chi connectivity index (χ2n) is 6.68. The van der Waals surface area contributed by atoms with E-state index in [1.54, 1.807) is 18.2 Å². The van der Waals surface area contributed by atoms with Gasteiger partial charge in [0.05, 0.1) is 11.1 Å². The molecule has 0 bridgehead atoms. The molecule has 25 heavy (non-hydrogen) atoms. The first-order chi connectivity index (χ1) is 11.8. The van der Waals surface area contributed by atoms with Crippen molar-refractivity contribution in [3.05, 3.63) is 64.7 Å². The van der Waals surface area contributed by atoms with Gasteiger partial charge in [0.25, 0.3) is 0 Å². The Balaban J connectivity index is 1.94. The number of allylic oxidation sites excluding steroid dienone is 1. The third-order valence-electron chi connectivity index (χ3n) is 4.06. The van der Waals surface area contributed by atoms with Crippen LogP contribution in [0.25, 0.3) is 12.2 Å². The van der Waals surface area contributed by atoms with Crippen LogP contribution in [0.1, 0.15) is 40.9 Å². The number of fused-ring (bicyclic) bond motifs is 1. The highest BCUT2D eigenvalue weighted by Crippen LogP contribution is 2.44. The van der Waals surface area contributed by atoms with Gasteiger partial charge < -0.3 is 14.9 Å². The van der Waals surface area contributed by atoms with Crippen molar-refractivity contribution in [1.82, 2.24) is 0 Å². The number of hydrogen-bond acceptors (Lipinski definition) is 4. The van der Waals surface area contributed by atoms with Crippen LogP contribution in [0, 0.1) is 6.92 Å². The number of carbonyl (C=O) groups excluding carboxylic acids is 1. The molecule has 0 amide bonds. The van der Waals surface area contributed by atoms with Crippen LogP contribution in [0.4, 0.5) is 0 Å². The summed E-state index contributed by atoms with van der Waals surface area (Å²) >= 11 is 0. The fourth-order valence-electron chi connectivity index (χ4n) is 2.63. The third-order valence-corrected chi connectivity index (χ3v) is 4.06. The molecule has 2 N–H and O–H groups in total. The van der Waals surface area contributed by atoms with Gasteiger partial charge in [0, 0.05) is 0 Å². The van der Waals surface area contributed by atoms with Gasteiger partial charge in [-0.3, -0.25) is 4.79 Å². The second kappa shape index (κ2) is 6.13. The van der Waals surface area contributed by atoms with Crippen molar-refractivity contribution < 1.29 is 19.7 Å². The van der Waals surface area contributed by atoms with E-state index in [1.165, 1.54) is 12.1 Å². The standard InChI is InChI=1S/C21H20O4/c1-13-4-6-14(7-5-13)8-9-17(22)16-12-18(23)20-15(19(16)24)10-11-21(2,3)25-20/h4-12,23-24H,1-3H3/b9-8+. The fraction of sp³-hybridized carbons (Fsp3) is 0.190. The average molecular weight is 336 g/mol. The van der Waals surface area contributed by atoms with Gasteiger partial charge in [-0.15, -0.1) is 0 Å². The highest BCUT2D eigenvalue weighted by Gasteiger charge is 2.28. The summed E-state index contributed by atoms with van der Waals surface area (Å²) in [4.78, 5) is 12.4. The Morgan fingerprint density at radius 1 is 1.16 bits per heavy atom. The predicted molar refractivity (Wildman–Crippen MR) is 98.1 cm³/mol. The number of aromatic hydroxyl groups is 2. The van der Waals surface area contributed by atoms with Gasteiger partial charge in [-0.25, -0.2) is 0 Å². The maximum absolute atomic E-state index is 12.4. The molecular formula is C21H20O4. The second-order valence-corrected chi connectivity index (χ2v) is 6.68. The molecular weight excluding hydrogens is 316 g/mol. The van der Waals surface area contributed by atoms with Crippen LogP contribution < -0.4 is 4.74 Å². The Labute approximate surface area is 146 Å². The number of ether oxygens (including phenoxy) is 1. The number of carbonyl (C=O) groups is 1. The number of ketones is 1. The molecule has 0 radical (unpaired) electrons. The molecule has 1 aliphatic rings. The van der Waals surface area contributed by atoms with Crippen LogP contribution in [0.5, 0.6) is 17.2 Å². The molecule has 0 aromatic heterocycles. The van der Waals surface area contributed by atoms with Crippen molar-refractivity contribution in [3.8, 4) is 17.2 Å². The van der Waals surface area contributed by atoms with Crippen LogP contribution >= 0.6 is 0 Å². The average Bonchev–Trinajstić information content (AvgIpc) is 2.56. The summed E-state index contributed by atoms with van der Waals surface area (Å²) < 4.78 is 5.68. The first kappa shape index (κ1) is 16.8. The molecule has 0 aliphatic carbocycles. The van der Waals surface area contributed by atoms with Crippen molar-refractivity contribution in [1.29, 1.82) is 0 Å². The SMILES string of the molecule is Cc1ccc(/C=C/C(=O)c2cc(O)c3c(c2O)C=CC(C)(C)O3)cc1. The Morgan fingerprint density at radius 2 is 1.84 bits per heavy atom. The van der Waals surface area contributed by atoms with E-state index in [1.807, 2.05) is 45.0 Å². The lowest BCUT2D eigenvalue weighted by atomic mass is 9.97. The summed E-state index contributed by atoms with van der Waals surface area (Å²) in [6, 6.07) is 8.96. The van der Waals surface area contributed by atoms with Gasteiger partial charge >= 0.3 is 0 Å². The summed E-state index contributed by atoms with van der Waals surface area (Å²) in [7, 11) is 0. The Bertz CT molecular complexity index is 887. The zero-order chi connectivity index (χ0) is 18.2. The molecule has 3 rings (SSSR count). The molecule has 0 spiro atoms.